The van der Waals surface area contributed by atoms with E-state index in [2.05, 4.69) is 32.2 Å². The Morgan fingerprint density at radius 1 is 1.29 bits per heavy atom. The maximum atomic E-state index is 13.1. The Morgan fingerprint density at radius 2 is 1.94 bits per heavy atom. The SMILES string of the molecule is CC(C)(C)CC1CC=CNC2(C1)CC(F)(F)C2. The average molecular weight is 243 g/mol. The summed E-state index contributed by atoms with van der Waals surface area (Å²) < 4.78 is 26.2. The van der Waals surface area contributed by atoms with Crippen molar-refractivity contribution in [3.63, 3.8) is 0 Å². The number of alkyl halides is 2. The van der Waals surface area contributed by atoms with Crippen molar-refractivity contribution < 1.29 is 8.78 Å². The summed E-state index contributed by atoms with van der Waals surface area (Å²) in [7, 11) is 0. The zero-order valence-corrected chi connectivity index (χ0v) is 11.0. The highest BCUT2D eigenvalue weighted by Crippen LogP contribution is 2.50. The third-order valence-electron chi connectivity index (χ3n) is 3.75. The van der Waals surface area contributed by atoms with Gasteiger partial charge in [-0.15, -0.1) is 0 Å². The maximum absolute atomic E-state index is 13.1. The molecule has 3 heteroatoms. The summed E-state index contributed by atoms with van der Waals surface area (Å²) in [5.74, 6) is -1.92. The van der Waals surface area contributed by atoms with Crippen LogP contribution in [0.25, 0.3) is 0 Å². The minimum absolute atomic E-state index is 0.00494. The number of nitrogens with one attached hydrogen (secondary N) is 1. The zero-order chi connectivity index (χ0) is 12.7. The van der Waals surface area contributed by atoms with Crippen molar-refractivity contribution >= 4 is 0 Å². The van der Waals surface area contributed by atoms with E-state index in [0.717, 1.165) is 19.3 Å². The van der Waals surface area contributed by atoms with E-state index in [1.54, 1.807) is 0 Å². The van der Waals surface area contributed by atoms with Crippen LogP contribution in [0, 0.1) is 11.3 Å². The Labute approximate surface area is 103 Å². The summed E-state index contributed by atoms with van der Waals surface area (Å²) in [5.41, 5.74) is -0.0529. The molecule has 1 aliphatic heterocycles. The molecule has 98 valence electrons. The first kappa shape index (κ1) is 12.8. The summed E-state index contributed by atoms with van der Waals surface area (Å²) in [6.45, 7) is 6.66. The van der Waals surface area contributed by atoms with E-state index in [9.17, 15) is 8.78 Å². The molecule has 0 radical (unpaired) electrons. The van der Waals surface area contributed by atoms with Gasteiger partial charge in [0.05, 0.1) is 0 Å². The average Bonchev–Trinajstić information content (AvgIpc) is 2.22. The summed E-state index contributed by atoms with van der Waals surface area (Å²) in [4.78, 5) is 0. The van der Waals surface area contributed by atoms with Crippen LogP contribution >= 0.6 is 0 Å². The van der Waals surface area contributed by atoms with E-state index < -0.39 is 5.92 Å². The first-order valence-corrected chi connectivity index (χ1v) is 6.50. The van der Waals surface area contributed by atoms with Crippen molar-refractivity contribution in [1.82, 2.24) is 5.32 Å². The minimum atomic E-state index is -2.45. The van der Waals surface area contributed by atoms with Crippen molar-refractivity contribution in [1.29, 1.82) is 0 Å². The molecule has 1 nitrogen and oxygen atoms in total. The van der Waals surface area contributed by atoms with Crippen LogP contribution in [0.1, 0.15) is 52.9 Å². The fourth-order valence-electron chi connectivity index (χ4n) is 3.40. The number of allylic oxidation sites excluding steroid dienone is 1. The molecule has 0 aromatic carbocycles. The maximum Gasteiger partial charge on any atom is 0.252 e. The van der Waals surface area contributed by atoms with Gasteiger partial charge in [0.2, 0.25) is 0 Å². The molecule has 2 aliphatic rings. The molecule has 1 heterocycles. The lowest BCUT2D eigenvalue weighted by atomic mass is 9.67. The molecule has 17 heavy (non-hydrogen) atoms. The van der Waals surface area contributed by atoms with Gasteiger partial charge in [-0.2, -0.15) is 0 Å². The smallest absolute Gasteiger partial charge is 0.252 e. The van der Waals surface area contributed by atoms with Crippen LogP contribution < -0.4 is 5.32 Å². The molecule has 0 aromatic rings. The van der Waals surface area contributed by atoms with Gasteiger partial charge in [0, 0.05) is 18.4 Å². The second-order valence-electron chi connectivity index (χ2n) is 7.11. The second kappa shape index (κ2) is 3.96. The van der Waals surface area contributed by atoms with Gasteiger partial charge in [-0.05, 0) is 36.8 Å². The first-order valence-electron chi connectivity index (χ1n) is 6.50. The Hall–Kier alpha value is -0.600. The highest BCUT2D eigenvalue weighted by Gasteiger charge is 2.56. The van der Waals surface area contributed by atoms with Gasteiger partial charge in [0.25, 0.3) is 5.92 Å². The molecule has 1 spiro atoms. The molecule has 1 aliphatic carbocycles. The Kier molecular flexibility index (Phi) is 2.99. The van der Waals surface area contributed by atoms with Crippen molar-refractivity contribution in [2.75, 3.05) is 0 Å². The molecule has 1 saturated carbocycles. The zero-order valence-electron chi connectivity index (χ0n) is 11.0. The van der Waals surface area contributed by atoms with Gasteiger partial charge >= 0.3 is 0 Å². The third kappa shape index (κ3) is 3.20. The van der Waals surface area contributed by atoms with E-state index in [-0.39, 0.29) is 23.8 Å². The molecule has 1 N–H and O–H groups in total. The highest BCUT2D eigenvalue weighted by atomic mass is 19.3. The van der Waals surface area contributed by atoms with Crippen LogP contribution in [-0.4, -0.2) is 11.5 Å². The van der Waals surface area contributed by atoms with Crippen LogP contribution in [-0.2, 0) is 0 Å². The quantitative estimate of drug-likeness (QED) is 0.731. The monoisotopic (exact) mass is 243 g/mol. The summed E-state index contributed by atoms with van der Waals surface area (Å²) in [6, 6.07) is 0. The van der Waals surface area contributed by atoms with Gasteiger partial charge in [-0.1, -0.05) is 26.8 Å². The molecule has 0 amide bonds. The standard InChI is InChI=1S/C14H23F2N/c1-12(2,3)7-11-5-4-6-17-13(8-11)9-14(15,16)10-13/h4,6,11,17H,5,7-10H2,1-3H3. The molecule has 2 rings (SSSR count). The van der Waals surface area contributed by atoms with Crippen LogP contribution in [0.15, 0.2) is 12.3 Å². The molecule has 1 fully saturated rings. The molecule has 0 aromatic heterocycles. The van der Waals surface area contributed by atoms with Crippen molar-refractivity contribution in [2.24, 2.45) is 11.3 Å². The van der Waals surface area contributed by atoms with Gasteiger partial charge < -0.3 is 5.32 Å². The van der Waals surface area contributed by atoms with Crippen LogP contribution in [0.3, 0.4) is 0 Å². The Balaban J connectivity index is 2.00. The van der Waals surface area contributed by atoms with E-state index >= 15 is 0 Å². The summed E-state index contributed by atoms with van der Waals surface area (Å²) in [6.07, 6.45) is 6.99. The van der Waals surface area contributed by atoms with E-state index in [1.807, 2.05) is 6.20 Å². The van der Waals surface area contributed by atoms with Crippen molar-refractivity contribution in [3.8, 4) is 0 Å². The minimum Gasteiger partial charge on any atom is -0.385 e. The predicted octanol–water partition coefficient (Wildman–Crippen LogP) is 4.10. The normalized spacial score (nSPS) is 30.5. The molecule has 0 saturated heterocycles. The summed E-state index contributed by atoms with van der Waals surface area (Å²) in [5, 5.41) is 3.21. The van der Waals surface area contributed by atoms with E-state index in [1.165, 1.54) is 0 Å². The van der Waals surface area contributed by atoms with E-state index in [4.69, 9.17) is 0 Å². The van der Waals surface area contributed by atoms with Gasteiger partial charge in [0.15, 0.2) is 0 Å². The van der Waals surface area contributed by atoms with Gasteiger partial charge in [-0.3, -0.25) is 0 Å². The van der Waals surface area contributed by atoms with Crippen LogP contribution in [0.5, 0.6) is 0 Å². The van der Waals surface area contributed by atoms with Crippen LogP contribution in [0.4, 0.5) is 8.78 Å². The summed E-state index contributed by atoms with van der Waals surface area (Å²) >= 11 is 0. The number of hydrogen-bond acceptors (Lipinski definition) is 1. The number of rotatable bonds is 1. The fourth-order valence-corrected chi connectivity index (χ4v) is 3.40. The molecule has 0 bridgehead atoms. The lowest BCUT2D eigenvalue weighted by Gasteiger charge is -2.49. The third-order valence-corrected chi connectivity index (χ3v) is 3.75. The molecular formula is C14H23F2N. The number of hydrogen-bond donors (Lipinski definition) is 1. The lowest BCUT2D eigenvalue weighted by Crippen LogP contribution is -2.59. The molecule has 1 unspecified atom stereocenters. The first-order chi connectivity index (χ1) is 7.70. The Bertz CT molecular complexity index is 307. The van der Waals surface area contributed by atoms with Crippen LogP contribution in [0.2, 0.25) is 0 Å². The van der Waals surface area contributed by atoms with Gasteiger partial charge in [-0.25, -0.2) is 8.78 Å². The van der Waals surface area contributed by atoms with E-state index in [0.29, 0.717) is 5.92 Å². The fraction of sp³-hybridized carbons (Fsp3) is 0.857. The predicted molar refractivity (Wildman–Crippen MR) is 66.0 cm³/mol. The largest absolute Gasteiger partial charge is 0.385 e. The highest BCUT2D eigenvalue weighted by molar-refractivity contribution is 5.11. The topological polar surface area (TPSA) is 12.0 Å². The molecule has 1 atom stereocenters. The number of halogens is 2. The van der Waals surface area contributed by atoms with Gasteiger partial charge in [0.1, 0.15) is 0 Å². The second-order valence-corrected chi connectivity index (χ2v) is 7.11. The Morgan fingerprint density at radius 3 is 2.47 bits per heavy atom. The molecular weight excluding hydrogens is 220 g/mol. The van der Waals surface area contributed by atoms with Crippen molar-refractivity contribution in [2.45, 2.75) is 64.3 Å². The lowest BCUT2D eigenvalue weighted by molar-refractivity contribution is -0.136. The van der Waals surface area contributed by atoms with Crippen molar-refractivity contribution in [3.05, 3.63) is 12.3 Å².